The van der Waals surface area contributed by atoms with Crippen molar-refractivity contribution in [1.82, 2.24) is 9.80 Å². The van der Waals surface area contributed by atoms with Gasteiger partial charge >= 0.3 is 0 Å². The van der Waals surface area contributed by atoms with Crippen molar-refractivity contribution in [2.24, 2.45) is 11.8 Å². The van der Waals surface area contributed by atoms with Crippen molar-refractivity contribution in [3.8, 4) is 0 Å². The monoisotopic (exact) mass is 427 g/mol. The quantitative estimate of drug-likeness (QED) is 0.657. The van der Waals surface area contributed by atoms with E-state index in [1.54, 1.807) is 6.07 Å². The van der Waals surface area contributed by atoms with E-state index < -0.39 is 0 Å². The number of piperazine rings is 1. The van der Waals surface area contributed by atoms with E-state index in [1.807, 2.05) is 23.1 Å². The second-order valence-electron chi connectivity index (χ2n) is 9.10. The highest BCUT2D eigenvalue weighted by Gasteiger charge is 2.39. The lowest BCUT2D eigenvalue weighted by molar-refractivity contribution is -0.117. The van der Waals surface area contributed by atoms with E-state index in [0.29, 0.717) is 30.3 Å². The highest BCUT2D eigenvalue weighted by molar-refractivity contribution is 5.98. The first kappa shape index (κ1) is 20.7. The number of nitrogens with zero attached hydrogens (tertiary/aromatic N) is 2. The number of anilines is 1. The Balaban J connectivity index is 1.19. The molecule has 0 radical (unpaired) electrons. The highest BCUT2D eigenvalue weighted by Crippen LogP contribution is 2.38. The number of carbonyl (C=O) groups excluding carboxylic acids is 2. The number of carbonyl (C=O) groups is 2. The lowest BCUT2D eigenvalue weighted by Crippen LogP contribution is -2.48. The van der Waals surface area contributed by atoms with Gasteiger partial charge in [0.15, 0.2) is 0 Å². The van der Waals surface area contributed by atoms with Crippen LogP contribution in [0.1, 0.15) is 29.3 Å². The topological polar surface area (TPSA) is 52.7 Å². The first-order valence-electron chi connectivity index (χ1n) is 11.5. The molecule has 5 rings (SSSR count). The standard InChI is InChI=1S/C27H29N3O2/c1-19-16-25(19)26(31)28-23-10-5-8-21(17-23)27(32)30-14-12-29(13-15-30)18-22-9-4-7-20-6-2-3-11-24(20)22/h2-11,17,19,25H,12-16,18H2,1H3,(H,28,31). The highest BCUT2D eigenvalue weighted by atomic mass is 16.2. The van der Waals surface area contributed by atoms with Crippen molar-refractivity contribution in [1.29, 1.82) is 0 Å². The lowest BCUT2D eigenvalue weighted by atomic mass is 10.0. The normalized spacial score (nSPS) is 20.8. The molecule has 5 nitrogen and oxygen atoms in total. The third-order valence-electron chi connectivity index (χ3n) is 6.76. The van der Waals surface area contributed by atoms with Crippen molar-refractivity contribution in [2.75, 3.05) is 31.5 Å². The number of nitrogens with one attached hydrogen (secondary N) is 1. The molecule has 2 atom stereocenters. The molecule has 2 amide bonds. The van der Waals surface area contributed by atoms with Crippen LogP contribution >= 0.6 is 0 Å². The smallest absolute Gasteiger partial charge is 0.254 e. The van der Waals surface area contributed by atoms with E-state index >= 15 is 0 Å². The van der Waals surface area contributed by atoms with E-state index in [4.69, 9.17) is 0 Å². The van der Waals surface area contributed by atoms with Crippen molar-refractivity contribution >= 4 is 28.3 Å². The van der Waals surface area contributed by atoms with E-state index in [9.17, 15) is 9.59 Å². The average Bonchev–Trinajstić information content (AvgIpc) is 3.56. The summed E-state index contributed by atoms with van der Waals surface area (Å²) in [4.78, 5) is 29.6. The van der Waals surface area contributed by atoms with Crippen molar-refractivity contribution in [3.63, 3.8) is 0 Å². The second-order valence-corrected chi connectivity index (χ2v) is 9.10. The summed E-state index contributed by atoms with van der Waals surface area (Å²) in [6.45, 7) is 6.10. The minimum Gasteiger partial charge on any atom is -0.336 e. The van der Waals surface area contributed by atoms with Gasteiger partial charge in [-0.25, -0.2) is 0 Å². The summed E-state index contributed by atoms with van der Waals surface area (Å²) >= 11 is 0. The molecule has 1 aliphatic heterocycles. The van der Waals surface area contributed by atoms with Gasteiger partial charge in [0.1, 0.15) is 0 Å². The van der Waals surface area contributed by atoms with E-state index in [0.717, 1.165) is 26.1 Å². The first-order chi connectivity index (χ1) is 15.6. The van der Waals surface area contributed by atoms with Crippen molar-refractivity contribution in [2.45, 2.75) is 19.9 Å². The molecule has 164 valence electrons. The molecule has 3 aromatic rings. The van der Waals surface area contributed by atoms with E-state index in [2.05, 4.69) is 59.6 Å². The molecule has 32 heavy (non-hydrogen) atoms. The van der Waals surface area contributed by atoms with Crippen LogP contribution in [0.3, 0.4) is 0 Å². The minimum absolute atomic E-state index is 0.0331. The summed E-state index contributed by atoms with van der Waals surface area (Å²) in [6, 6.07) is 22.3. The second kappa shape index (κ2) is 8.75. The summed E-state index contributed by atoms with van der Waals surface area (Å²) in [6.07, 6.45) is 0.952. The maximum Gasteiger partial charge on any atom is 0.254 e. The zero-order valence-electron chi connectivity index (χ0n) is 18.5. The van der Waals surface area contributed by atoms with Crippen LogP contribution in [-0.2, 0) is 11.3 Å². The Kier molecular flexibility index (Phi) is 5.66. The molecule has 1 saturated heterocycles. The molecule has 1 aliphatic carbocycles. The fourth-order valence-electron chi connectivity index (χ4n) is 4.62. The van der Waals surface area contributed by atoms with E-state index in [1.165, 1.54) is 16.3 Å². The Bertz CT molecular complexity index is 1150. The molecule has 1 N–H and O–H groups in total. The minimum atomic E-state index is 0.0331. The maximum absolute atomic E-state index is 13.1. The number of fused-ring (bicyclic) bond motifs is 1. The number of hydrogen-bond donors (Lipinski definition) is 1. The molecule has 2 aliphatic rings. The molecule has 0 bridgehead atoms. The third-order valence-corrected chi connectivity index (χ3v) is 6.76. The average molecular weight is 428 g/mol. The van der Waals surface area contributed by atoms with Gasteiger partial charge in [-0.05, 0) is 46.9 Å². The Morgan fingerprint density at radius 3 is 2.44 bits per heavy atom. The molecule has 2 unspecified atom stereocenters. The van der Waals surface area contributed by atoms with Crippen molar-refractivity contribution < 1.29 is 9.59 Å². The molecular weight excluding hydrogens is 398 g/mol. The van der Waals surface area contributed by atoms with Gasteiger partial charge in [-0.1, -0.05) is 55.5 Å². The molecule has 2 fully saturated rings. The predicted molar refractivity (Wildman–Crippen MR) is 127 cm³/mol. The van der Waals surface area contributed by atoms with Crippen LogP contribution in [0.4, 0.5) is 5.69 Å². The Morgan fingerprint density at radius 1 is 0.938 bits per heavy atom. The molecule has 3 aromatic carbocycles. The van der Waals surface area contributed by atoms with Crippen LogP contribution in [0.25, 0.3) is 10.8 Å². The largest absolute Gasteiger partial charge is 0.336 e. The predicted octanol–water partition coefficient (Wildman–Crippen LogP) is 4.39. The zero-order chi connectivity index (χ0) is 22.1. The van der Waals surface area contributed by atoms with Gasteiger partial charge in [0, 0.05) is 49.9 Å². The van der Waals surface area contributed by atoms with Crippen LogP contribution in [0.5, 0.6) is 0 Å². The summed E-state index contributed by atoms with van der Waals surface area (Å²) in [5.41, 5.74) is 2.67. The number of amides is 2. The summed E-state index contributed by atoms with van der Waals surface area (Å²) in [5.74, 6) is 0.670. The molecule has 0 spiro atoms. The van der Waals surface area contributed by atoms with Gasteiger partial charge in [0.2, 0.25) is 5.91 Å². The Labute approximate surface area is 189 Å². The van der Waals surface area contributed by atoms with Crippen LogP contribution in [0.2, 0.25) is 0 Å². The fourth-order valence-corrected chi connectivity index (χ4v) is 4.62. The summed E-state index contributed by atoms with van der Waals surface area (Å²) in [5, 5.41) is 5.53. The van der Waals surface area contributed by atoms with Crippen LogP contribution in [-0.4, -0.2) is 47.8 Å². The summed E-state index contributed by atoms with van der Waals surface area (Å²) < 4.78 is 0. The fraction of sp³-hybridized carbons (Fsp3) is 0.333. The van der Waals surface area contributed by atoms with Crippen LogP contribution in [0.15, 0.2) is 66.7 Å². The lowest BCUT2D eigenvalue weighted by Gasteiger charge is -2.35. The van der Waals surface area contributed by atoms with Gasteiger partial charge in [0.05, 0.1) is 0 Å². The SMILES string of the molecule is CC1CC1C(=O)Nc1cccc(C(=O)N2CCN(Cc3cccc4ccccc34)CC2)c1. The molecular formula is C27H29N3O2. The number of hydrogen-bond acceptors (Lipinski definition) is 3. The maximum atomic E-state index is 13.1. The zero-order valence-corrected chi connectivity index (χ0v) is 18.5. The number of rotatable bonds is 5. The Morgan fingerprint density at radius 2 is 1.66 bits per heavy atom. The van der Waals surface area contributed by atoms with Gasteiger partial charge in [-0.2, -0.15) is 0 Å². The van der Waals surface area contributed by atoms with Crippen molar-refractivity contribution in [3.05, 3.63) is 77.9 Å². The van der Waals surface area contributed by atoms with E-state index in [-0.39, 0.29) is 17.7 Å². The van der Waals surface area contributed by atoms with Gasteiger partial charge in [-0.3, -0.25) is 14.5 Å². The molecule has 0 aromatic heterocycles. The van der Waals surface area contributed by atoms with Gasteiger partial charge in [-0.15, -0.1) is 0 Å². The molecule has 1 saturated carbocycles. The van der Waals surface area contributed by atoms with Crippen LogP contribution < -0.4 is 5.32 Å². The van der Waals surface area contributed by atoms with Gasteiger partial charge in [0.25, 0.3) is 5.91 Å². The molecule has 5 heteroatoms. The molecule has 1 heterocycles. The summed E-state index contributed by atoms with van der Waals surface area (Å²) in [7, 11) is 0. The Hall–Kier alpha value is -3.18. The number of benzene rings is 3. The van der Waals surface area contributed by atoms with Gasteiger partial charge < -0.3 is 10.2 Å². The first-order valence-corrected chi connectivity index (χ1v) is 11.5. The van der Waals surface area contributed by atoms with Crippen LogP contribution in [0, 0.1) is 11.8 Å². The third kappa shape index (κ3) is 4.39.